The third-order valence-electron chi connectivity index (χ3n) is 3.62. The summed E-state index contributed by atoms with van der Waals surface area (Å²) < 4.78 is 31.2. The van der Waals surface area contributed by atoms with Gasteiger partial charge in [0.15, 0.2) is 0 Å². The van der Waals surface area contributed by atoms with E-state index in [2.05, 4.69) is 16.6 Å². The molecule has 24 heavy (non-hydrogen) atoms. The first-order valence-electron chi connectivity index (χ1n) is 7.94. The first kappa shape index (κ1) is 19.8. The normalized spacial score (nSPS) is 11.6. The zero-order valence-corrected chi connectivity index (χ0v) is 13.8. The van der Waals surface area contributed by atoms with Crippen LogP contribution in [0.25, 0.3) is 0 Å². The number of allylic oxidation sites excluding steroid dienone is 1. The van der Waals surface area contributed by atoms with Crippen LogP contribution in [0.4, 0.5) is 8.78 Å². The van der Waals surface area contributed by atoms with Gasteiger partial charge in [0.05, 0.1) is 12.7 Å². The molecule has 132 valence electrons. The molecule has 1 aromatic rings. The largest absolute Gasteiger partial charge is 0.467 e. The van der Waals surface area contributed by atoms with Crippen molar-refractivity contribution in [1.82, 2.24) is 5.32 Å². The van der Waals surface area contributed by atoms with Crippen LogP contribution in [0.5, 0.6) is 0 Å². The molecule has 0 spiro atoms. The highest BCUT2D eigenvalue weighted by Gasteiger charge is 2.23. The number of amides is 1. The van der Waals surface area contributed by atoms with E-state index in [0.717, 1.165) is 44.2 Å². The first-order valence-corrected chi connectivity index (χ1v) is 7.94. The summed E-state index contributed by atoms with van der Waals surface area (Å²) in [5.74, 6) is -3.10. The van der Waals surface area contributed by atoms with E-state index in [1.807, 2.05) is 6.08 Å². The zero-order chi connectivity index (χ0) is 17.9. The number of rotatable bonds is 10. The summed E-state index contributed by atoms with van der Waals surface area (Å²) in [6.07, 6.45) is 6.86. The Labute approximate surface area is 140 Å². The fraction of sp³-hybridized carbons (Fsp3) is 0.444. The highest BCUT2D eigenvalue weighted by molar-refractivity contribution is 5.96. The van der Waals surface area contributed by atoms with Gasteiger partial charge in [0.2, 0.25) is 0 Å². The molecule has 1 rings (SSSR count). The number of benzene rings is 1. The third-order valence-corrected chi connectivity index (χ3v) is 3.62. The molecule has 1 N–H and O–H groups in total. The maximum absolute atomic E-state index is 13.6. The molecule has 0 aliphatic rings. The van der Waals surface area contributed by atoms with Gasteiger partial charge in [-0.3, -0.25) is 4.79 Å². The molecule has 0 aromatic heterocycles. The lowest BCUT2D eigenvalue weighted by Crippen LogP contribution is -2.41. The van der Waals surface area contributed by atoms with Crippen molar-refractivity contribution in [1.29, 1.82) is 0 Å². The molecule has 6 heteroatoms. The van der Waals surface area contributed by atoms with Gasteiger partial charge in [-0.15, -0.1) is 6.58 Å². The van der Waals surface area contributed by atoms with Crippen LogP contribution < -0.4 is 5.32 Å². The van der Waals surface area contributed by atoms with E-state index in [9.17, 15) is 18.4 Å². The smallest absolute Gasteiger partial charge is 0.328 e. The van der Waals surface area contributed by atoms with Gasteiger partial charge in [0.1, 0.15) is 17.7 Å². The summed E-state index contributed by atoms with van der Waals surface area (Å²) in [6.45, 7) is 3.65. The number of hydrogen-bond acceptors (Lipinski definition) is 3. The van der Waals surface area contributed by atoms with Gasteiger partial charge < -0.3 is 10.1 Å². The Morgan fingerprint density at radius 1 is 1.25 bits per heavy atom. The van der Waals surface area contributed by atoms with Gasteiger partial charge in [0.25, 0.3) is 5.91 Å². The molecule has 4 nitrogen and oxygen atoms in total. The lowest BCUT2D eigenvalue weighted by Gasteiger charge is -2.16. The van der Waals surface area contributed by atoms with Crippen LogP contribution in [-0.4, -0.2) is 25.0 Å². The molecule has 1 amide bonds. The number of methoxy groups -OCH3 is 1. The molecule has 0 bridgehead atoms. The highest BCUT2D eigenvalue weighted by Crippen LogP contribution is 2.12. The van der Waals surface area contributed by atoms with Gasteiger partial charge in [-0.1, -0.05) is 25.3 Å². The Morgan fingerprint density at radius 3 is 2.58 bits per heavy atom. The summed E-state index contributed by atoms with van der Waals surface area (Å²) in [5.41, 5.74) is -0.309. The maximum Gasteiger partial charge on any atom is 0.328 e. The highest BCUT2D eigenvalue weighted by atomic mass is 19.1. The van der Waals surface area contributed by atoms with Gasteiger partial charge >= 0.3 is 5.97 Å². The summed E-state index contributed by atoms with van der Waals surface area (Å²) in [4.78, 5) is 23.9. The van der Waals surface area contributed by atoms with Crippen molar-refractivity contribution in [2.75, 3.05) is 7.11 Å². The third kappa shape index (κ3) is 6.48. The fourth-order valence-corrected chi connectivity index (χ4v) is 2.29. The van der Waals surface area contributed by atoms with Gasteiger partial charge in [-0.05, 0) is 31.4 Å². The van der Waals surface area contributed by atoms with Crippen molar-refractivity contribution < 1.29 is 23.1 Å². The second-order valence-electron chi connectivity index (χ2n) is 5.45. The minimum absolute atomic E-state index is 0.309. The summed E-state index contributed by atoms with van der Waals surface area (Å²) in [6, 6.07) is 1.81. The zero-order valence-electron chi connectivity index (χ0n) is 13.8. The van der Waals surface area contributed by atoms with Crippen LogP contribution in [-0.2, 0) is 9.53 Å². The van der Waals surface area contributed by atoms with Crippen LogP contribution in [0.15, 0.2) is 30.9 Å². The molecule has 0 aliphatic carbocycles. The predicted molar refractivity (Wildman–Crippen MR) is 87.5 cm³/mol. The van der Waals surface area contributed by atoms with Gasteiger partial charge in [-0.25, -0.2) is 13.6 Å². The number of hydrogen-bond donors (Lipinski definition) is 1. The minimum Gasteiger partial charge on any atom is -0.467 e. The van der Waals surface area contributed by atoms with Crippen molar-refractivity contribution in [3.05, 3.63) is 48.1 Å². The van der Waals surface area contributed by atoms with E-state index in [0.29, 0.717) is 12.5 Å². The number of halogens is 2. The molecular weight excluding hydrogens is 316 g/mol. The van der Waals surface area contributed by atoms with Gasteiger partial charge in [0, 0.05) is 6.07 Å². The fourth-order valence-electron chi connectivity index (χ4n) is 2.29. The van der Waals surface area contributed by atoms with Crippen LogP contribution >= 0.6 is 0 Å². The quantitative estimate of drug-likeness (QED) is 0.401. The minimum atomic E-state index is -0.972. The number of carbonyl (C=O) groups excluding carboxylic acids is 2. The molecule has 0 unspecified atom stereocenters. The van der Waals surface area contributed by atoms with Crippen molar-refractivity contribution in [3.63, 3.8) is 0 Å². The van der Waals surface area contributed by atoms with E-state index in [1.54, 1.807) is 0 Å². The molecule has 0 fully saturated rings. The molecule has 0 aliphatic heterocycles. The number of ether oxygens (including phenoxy) is 1. The van der Waals surface area contributed by atoms with E-state index in [1.165, 1.54) is 7.11 Å². The van der Waals surface area contributed by atoms with E-state index >= 15 is 0 Å². The Kier molecular flexibility index (Phi) is 8.68. The number of unbranched alkanes of at least 4 members (excludes halogenated alkanes) is 4. The second kappa shape index (κ2) is 10.5. The van der Waals surface area contributed by atoms with Crippen molar-refractivity contribution in [2.45, 2.75) is 44.6 Å². The monoisotopic (exact) mass is 339 g/mol. The number of carbonyl (C=O) groups is 2. The summed E-state index contributed by atoms with van der Waals surface area (Å²) >= 11 is 0. The summed E-state index contributed by atoms with van der Waals surface area (Å²) in [5, 5.41) is 2.45. The molecule has 1 aromatic carbocycles. The first-order chi connectivity index (χ1) is 11.5. The number of nitrogens with one attached hydrogen (secondary N) is 1. The van der Waals surface area contributed by atoms with Crippen LogP contribution in [0.1, 0.15) is 48.9 Å². The average Bonchev–Trinajstić information content (AvgIpc) is 2.55. The maximum atomic E-state index is 13.6. The van der Waals surface area contributed by atoms with E-state index < -0.39 is 29.6 Å². The van der Waals surface area contributed by atoms with Crippen LogP contribution in [0.3, 0.4) is 0 Å². The Hall–Kier alpha value is -2.24. The van der Waals surface area contributed by atoms with Gasteiger partial charge in [-0.2, -0.15) is 0 Å². The number of esters is 1. The van der Waals surface area contributed by atoms with Crippen molar-refractivity contribution in [3.8, 4) is 0 Å². The Bertz CT molecular complexity index is 575. The molecule has 0 saturated heterocycles. The average molecular weight is 339 g/mol. The molecule has 0 heterocycles. The van der Waals surface area contributed by atoms with Crippen LogP contribution in [0, 0.1) is 11.6 Å². The Morgan fingerprint density at radius 2 is 1.96 bits per heavy atom. The van der Waals surface area contributed by atoms with E-state index in [4.69, 9.17) is 0 Å². The van der Waals surface area contributed by atoms with E-state index in [-0.39, 0.29) is 5.56 Å². The second-order valence-corrected chi connectivity index (χ2v) is 5.45. The summed E-state index contributed by atoms with van der Waals surface area (Å²) in [7, 11) is 1.23. The van der Waals surface area contributed by atoms with Crippen molar-refractivity contribution in [2.24, 2.45) is 0 Å². The lowest BCUT2D eigenvalue weighted by atomic mass is 10.1. The molecular formula is C18H23F2NO3. The lowest BCUT2D eigenvalue weighted by molar-refractivity contribution is -0.143. The van der Waals surface area contributed by atoms with Crippen LogP contribution in [0.2, 0.25) is 0 Å². The Balaban J connectivity index is 2.60. The predicted octanol–water partition coefficient (Wildman–Crippen LogP) is 3.76. The standard InChI is InChI=1S/C18H23F2NO3/c1-3-4-5-6-7-8-9-16(18(23)24-2)21-17(22)14-11-10-13(19)12-15(14)20/h3,10-12,16H,1,4-9H2,2H3,(H,21,22)/t16-/m0/s1. The topological polar surface area (TPSA) is 55.4 Å². The molecule has 0 radical (unpaired) electrons. The molecule has 0 saturated carbocycles. The van der Waals surface area contributed by atoms with Crippen molar-refractivity contribution >= 4 is 11.9 Å². The molecule has 1 atom stereocenters. The SMILES string of the molecule is C=CCCCCCC[C@H](NC(=O)c1ccc(F)cc1F)C(=O)OC.